The minimum Gasteiger partial charge on any atom is -0.356 e. The second-order valence-electron chi connectivity index (χ2n) is 6.81. The molecule has 0 bridgehead atoms. The lowest BCUT2D eigenvalue weighted by atomic mass is 9.89. The standard InChI is InChI=1S/C17H32N2O/c1-2-5-16(12-14-6-3-4-7-14)17(20)19-11-9-15-8-10-18-13-15/h14-16,18H,2-13H2,1H3,(H,19,20). The number of amides is 1. The highest BCUT2D eigenvalue weighted by molar-refractivity contribution is 5.78. The molecule has 0 aromatic heterocycles. The molecule has 0 spiro atoms. The van der Waals surface area contributed by atoms with Crippen molar-refractivity contribution in [2.45, 2.75) is 64.7 Å². The van der Waals surface area contributed by atoms with E-state index in [9.17, 15) is 4.79 Å². The maximum Gasteiger partial charge on any atom is 0.223 e. The van der Waals surface area contributed by atoms with Crippen molar-refractivity contribution in [1.82, 2.24) is 10.6 Å². The van der Waals surface area contributed by atoms with Gasteiger partial charge in [0.2, 0.25) is 5.91 Å². The van der Waals surface area contributed by atoms with E-state index in [0.29, 0.717) is 5.91 Å². The van der Waals surface area contributed by atoms with Crippen LogP contribution in [-0.2, 0) is 4.79 Å². The summed E-state index contributed by atoms with van der Waals surface area (Å²) in [6.45, 7) is 5.35. The van der Waals surface area contributed by atoms with Gasteiger partial charge in [-0.2, -0.15) is 0 Å². The Morgan fingerprint density at radius 1 is 1.25 bits per heavy atom. The first kappa shape index (κ1) is 15.8. The Kier molecular flexibility index (Phi) is 6.85. The van der Waals surface area contributed by atoms with Gasteiger partial charge >= 0.3 is 0 Å². The summed E-state index contributed by atoms with van der Waals surface area (Å²) < 4.78 is 0. The molecule has 2 N–H and O–H groups in total. The van der Waals surface area contributed by atoms with E-state index in [0.717, 1.165) is 57.2 Å². The highest BCUT2D eigenvalue weighted by Gasteiger charge is 2.24. The smallest absolute Gasteiger partial charge is 0.223 e. The van der Waals surface area contributed by atoms with Crippen molar-refractivity contribution in [3.8, 4) is 0 Å². The SMILES string of the molecule is CCCC(CC1CCCC1)C(=O)NCCC1CCNC1. The molecule has 1 saturated heterocycles. The van der Waals surface area contributed by atoms with Gasteiger partial charge < -0.3 is 10.6 Å². The lowest BCUT2D eigenvalue weighted by Gasteiger charge is -2.20. The average Bonchev–Trinajstić information content (AvgIpc) is 3.11. The Balaban J connectivity index is 1.67. The van der Waals surface area contributed by atoms with Gasteiger partial charge in [0.05, 0.1) is 0 Å². The van der Waals surface area contributed by atoms with Crippen LogP contribution in [0.2, 0.25) is 0 Å². The summed E-state index contributed by atoms with van der Waals surface area (Å²) in [6, 6.07) is 0. The van der Waals surface area contributed by atoms with Gasteiger partial charge in [0.1, 0.15) is 0 Å². The third kappa shape index (κ3) is 5.08. The van der Waals surface area contributed by atoms with Crippen LogP contribution in [0, 0.1) is 17.8 Å². The molecular weight excluding hydrogens is 248 g/mol. The first-order chi connectivity index (χ1) is 9.79. The van der Waals surface area contributed by atoms with E-state index in [1.54, 1.807) is 0 Å². The molecule has 2 atom stereocenters. The quantitative estimate of drug-likeness (QED) is 0.717. The summed E-state index contributed by atoms with van der Waals surface area (Å²) in [7, 11) is 0. The molecule has 2 aliphatic rings. The number of carbonyl (C=O) groups is 1. The summed E-state index contributed by atoms with van der Waals surface area (Å²) in [6.07, 6.45) is 11.2. The van der Waals surface area contributed by atoms with Gasteiger partial charge in [-0.15, -0.1) is 0 Å². The fourth-order valence-electron chi connectivity index (χ4n) is 3.86. The van der Waals surface area contributed by atoms with Crippen molar-refractivity contribution < 1.29 is 4.79 Å². The number of nitrogens with one attached hydrogen (secondary N) is 2. The van der Waals surface area contributed by atoms with E-state index in [4.69, 9.17) is 0 Å². The van der Waals surface area contributed by atoms with Crippen molar-refractivity contribution in [3.05, 3.63) is 0 Å². The van der Waals surface area contributed by atoms with Crippen LogP contribution < -0.4 is 10.6 Å². The third-order valence-corrected chi connectivity index (χ3v) is 5.11. The van der Waals surface area contributed by atoms with E-state index in [1.165, 1.54) is 32.1 Å². The summed E-state index contributed by atoms with van der Waals surface area (Å²) in [4.78, 5) is 12.4. The van der Waals surface area contributed by atoms with Crippen molar-refractivity contribution in [2.24, 2.45) is 17.8 Å². The number of carbonyl (C=O) groups excluding carboxylic acids is 1. The van der Waals surface area contributed by atoms with Gasteiger partial charge in [-0.1, -0.05) is 39.0 Å². The van der Waals surface area contributed by atoms with Crippen LogP contribution in [0.15, 0.2) is 0 Å². The normalized spacial score (nSPS) is 24.9. The molecule has 0 radical (unpaired) electrons. The minimum atomic E-state index is 0.268. The van der Waals surface area contributed by atoms with Gasteiger partial charge in [-0.3, -0.25) is 4.79 Å². The molecule has 0 aromatic rings. The second-order valence-corrected chi connectivity index (χ2v) is 6.81. The zero-order valence-electron chi connectivity index (χ0n) is 13.1. The van der Waals surface area contributed by atoms with Crippen LogP contribution in [0.3, 0.4) is 0 Å². The lowest BCUT2D eigenvalue weighted by Crippen LogP contribution is -2.33. The number of rotatable bonds is 8. The largest absolute Gasteiger partial charge is 0.356 e. The van der Waals surface area contributed by atoms with E-state index in [2.05, 4.69) is 17.6 Å². The van der Waals surface area contributed by atoms with Gasteiger partial charge in [-0.05, 0) is 50.6 Å². The molecule has 1 heterocycles. The van der Waals surface area contributed by atoms with Crippen LogP contribution in [-0.4, -0.2) is 25.5 Å². The monoisotopic (exact) mass is 280 g/mol. The summed E-state index contributed by atoms with van der Waals surface area (Å²) in [5, 5.41) is 6.59. The van der Waals surface area contributed by atoms with Gasteiger partial charge in [-0.25, -0.2) is 0 Å². The number of hydrogen-bond acceptors (Lipinski definition) is 2. The molecule has 0 aromatic carbocycles. The lowest BCUT2D eigenvalue weighted by molar-refractivity contribution is -0.125. The Bertz CT molecular complexity index is 281. The van der Waals surface area contributed by atoms with Crippen LogP contribution in [0.4, 0.5) is 0 Å². The zero-order chi connectivity index (χ0) is 14.2. The molecule has 1 aliphatic heterocycles. The molecule has 3 heteroatoms. The second kappa shape index (κ2) is 8.66. The molecule has 2 fully saturated rings. The van der Waals surface area contributed by atoms with E-state index < -0.39 is 0 Å². The molecule has 2 rings (SSSR count). The molecular formula is C17H32N2O. The van der Waals surface area contributed by atoms with E-state index in [-0.39, 0.29) is 5.92 Å². The van der Waals surface area contributed by atoms with Crippen LogP contribution in [0.25, 0.3) is 0 Å². The molecule has 20 heavy (non-hydrogen) atoms. The maximum absolute atomic E-state index is 12.4. The highest BCUT2D eigenvalue weighted by Crippen LogP contribution is 2.31. The van der Waals surface area contributed by atoms with Crippen molar-refractivity contribution in [3.63, 3.8) is 0 Å². The van der Waals surface area contributed by atoms with Crippen molar-refractivity contribution in [2.75, 3.05) is 19.6 Å². The Morgan fingerprint density at radius 2 is 2.05 bits per heavy atom. The predicted molar refractivity (Wildman–Crippen MR) is 83.6 cm³/mol. The first-order valence-electron chi connectivity index (χ1n) is 8.78. The van der Waals surface area contributed by atoms with Gasteiger partial charge in [0.15, 0.2) is 0 Å². The Labute approximate surface area is 124 Å². The molecule has 1 aliphatic carbocycles. The predicted octanol–water partition coefficient (Wildman–Crippen LogP) is 3.10. The molecule has 3 nitrogen and oxygen atoms in total. The summed E-state index contributed by atoms with van der Waals surface area (Å²) >= 11 is 0. The topological polar surface area (TPSA) is 41.1 Å². The van der Waals surface area contributed by atoms with E-state index in [1.807, 2.05) is 0 Å². The maximum atomic E-state index is 12.4. The third-order valence-electron chi connectivity index (χ3n) is 5.11. The molecule has 1 saturated carbocycles. The van der Waals surface area contributed by atoms with Crippen LogP contribution in [0.5, 0.6) is 0 Å². The number of hydrogen-bond donors (Lipinski definition) is 2. The minimum absolute atomic E-state index is 0.268. The Morgan fingerprint density at radius 3 is 2.70 bits per heavy atom. The van der Waals surface area contributed by atoms with Gasteiger partial charge in [0.25, 0.3) is 0 Å². The van der Waals surface area contributed by atoms with Crippen molar-refractivity contribution >= 4 is 5.91 Å². The van der Waals surface area contributed by atoms with Crippen LogP contribution >= 0.6 is 0 Å². The first-order valence-corrected chi connectivity index (χ1v) is 8.78. The fourth-order valence-corrected chi connectivity index (χ4v) is 3.86. The average molecular weight is 280 g/mol. The zero-order valence-corrected chi connectivity index (χ0v) is 13.1. The Hall–Kier alpha value is -0.570. The van der Waals surface area contributed by atoms with Gasteiger partial charge in [0, 0.05) is 12.5 Å². The summed E-state index contributed by atoms with van der Waals surface area (Å²) in [5.74, 6) is 2.18. The highest BCUT2D eigenvalue weighted by atomic mass is 16.1. The fraction of sp³-hybridized carbons (Fsp3) is 0.941. The molecule has 1 amide bonds. The molecule has 116 valence electrons. The van der Waals surface area contributed by atoms with Crippen LogP contribution in [0.1, 0.15) is 64.7 Å². The van der Waals surface area contributed by atoms with E-state index >= 15 is 0 Å². The molecule has 2 unspecified atom stereocenters. The summed E-state index contributed by atoms with van der Waals surface area (Å²) in [5.41, 5.74) is 0. The van der Waals surface area contributed by atoms with Crippen molar-refractivity contribution in [1.29, 1.82) is 0 Å².